The lowest BCUT2D eigenvalue weighted by molar-refractivity contribution is -0.132. The fraction of sp³-hybridized carbons (Fsp3) is 0.154. The van der Waals surface area contributed by atoms with Crippen LogP contribution in [0.2, 0.25) is 0 Å². The summed E-state index contributed by atoms with van der Waals surface area (Å²) in [5, 5.41) is 7.08. The van der Waals surface area contributed by atoms with Crippen LogP contribution in [0.25, 0.3) is 0 Å². The third-order valence-electron chi connectivity index (χ3n) is 5.59. The molecule has 0 aromatic heterocycles. The highest BCUT2D eigenvalue weighted by Gasteiger charge is 2.52. The molecule has 34 heavy (non-hydrogen) atoms. The molecule has 8 nitrogen and oxygen atoms in total. The highest BCUT2D eigenvalue weighted by molar-refractivity contribution is 5.96. The molecule has 3 aromatic rings. The summed E-state index contributed by atoms with van der Waals surface area (Å²) in [5.74, 6) is -0.402. The standard InChI is InChI=1S/C25H18O6.CH2O2/c1-14(26)29-18-7-9-21-16(12-18)11-17-13-19(30-15(2)27)8-10-22(17)25(21)23-6-4-3-5-20(23)24(28)31-25;2-1-3/h3-10,12-13H,11H2,1-2H3;1H,(H,2,3)/i;1D. The Balaban J connectivity index is 0.000000672. The van der Waals surface area contributed by atoms with Gasteiger partial charge < -0.3 is 19.3 Å². The van der Waals surface area contributed by atoms with Gasteiger partial charge in [0.05, 0.1) is 5.56 Å². The van der Waals surface area contributed by atoms with E-state index in [9.17, 15) is 14.4 Å². The van der Waals surface area contributed by atoms with Crippen molar-refractivity contribution >= 4 is 24.4 Å². The van der Waals surface area contributed by atoms with Crippen molar-refractivity contribution < 1.29 is 39.9 Å². The van der Waals surface area contributed by atoms with Crippen molar-refractivity contribution in [3.8, 4) is 11.5 Å². The van der Waals surface area contributed by atoms with Crippen LogP contribution in [0.15, 0.2) is 60.7 Å². The number of esters is 3. The van der Waals surface area contributed by atoms with Gasteiger partial charge >= 0.3 is 17.9 Å². The number of carboxylic acid groups (broad SMARTS) is 1. The molecule has 1 spiro atoms. The summed E-state index contributed by atoms with van der Waals surface area (Å²) in [6.45, 7) is 2.69. The molecule has 2 aliphatic rings. The number of ether oxygens (including phenoxy) is 3. The Kier molecular flexibility index (Phi) is 5.55. The Labute approximate surface area is 196 Å². The van der Waals surface area contributed by atoms with Crippen molar-refractivity contribution in [3.05, 3.63) is 94.0 Å². The summed E-state index contributed by atoms with van der Waals surface area (Å²) < 4.78 is 22.1. The molecule has 1 aliphatic heterocycles. The quantitative estimate of drug-likeness (QED) is 0.350. The van der Waals surface area contributed by atoms with E-state index >= 15 is 0 Å². The van der Waals surface area contributed by atoms with Gasteiger partial charge in [0.2, 0.25) is 0 Å². The number of carbonyl (C=O) groups is 4. The van der Waals surface area contributed by atoms with Gasteiger partial charge in [0.15, 0.2) is 6.97 Å². The van der Waals surface area contributed by atoms with Gasteiger partial charge in [0.1, 0.15) is 11.5 Å². The second-order valence-corrected chi connectivity index (χ2v) is 7.71. The molecule has 0 saturated heterocycles. The molecule has 0 atom stereocenters. The van der Waals surface area contributed by atoms with Gasteiger partial charge in [-0.3, -0.25) is 14.4 Å². The lowest BCUT2D eigenvalue weighted by Gasteiger charge is -2.37. The molecule has 1 aliphatic carbocycles. The SMILES string of the molecule is CC(=O)Oc1ccc2c(c1)Cc1cc(OC(C)=O)ccc1C21OC(=O)c2ccccc21.[2H]C(=O)O. The van der Waals surface area contributed by atoms with Gasteiger partial charge in [-0.25, -0.2) is 4.79 Å². The summed E-state index contributed by atoms with van der Waals surface area (Å²) >= 11 is 0. The zero-order valence-electron chi connectivity index (χ0n) is 19.3. The average molecular weight is 461 g/mol. The minimum atomic E-state index is -1.58. The van der Waals surface area contributed by atoms with Crippen LogP contribution in [0.3, 0.4) is 0 Å². The van der Waals surface area contributed by atoms with Gasteiger partial charge in [-0.2, -0.15) is 0 Å². The van der Waals surface area contributed by atoms with E-state index in [1.54, 1.807) is 36.4 Å². The van der Waals surface area contributed by atoms with Crippen LogP contribution in [0.1, 0.15) is 53.4 Å². The monoisotopic (exact) mass is 461 g/mol. The minimum Gasteiger partial charge on any atom is -0.483 e. The van der Waals surface area contributed by atoms with E-state index in [-0.39, 0.29) is 0 Å². The summed E-state index contributed by atoms with van der Waals surface area (Å²) in [7, 11) is 0. The first-order valence-corrected chi connectivity index (χ1v) is 10.3. The largest absolute Gasteiger partial charge is 0.483 e. The number of hydrogen-bond acceptors (Lipinski definition) is 7. The van der Waals surface area contributed by atoms with Gasteiger partial charge in [-0.05, 0) is 47.9 Å². The number of benzene rings is 3. The predicted octanol–water partition coefficient (Wildman–Crippen LogP) is 3.60. The predicted molar refractivity (Wildman–Crippen MR) is 119 cm³/mol. The molecule has 3 aromatic carbocycles. The van der Waals surface area contributed by atoms with Crippen LogP contribution >= 0.6 is 0 Å². The van der Waals surface area contributed by atoms with E-state index < -0.39 is 30.0 Å². The van der Waals surface area contributed by atoms with Crippen LogP contribution < -0.4 is 9.47 Å². The summed E-state index contributed by atoms with van der Waals surface area (Å²) in [6.07, 6.45) is -1.09. The Morgan fingerprint density at radius 2 is 1.44 bits per heavy atom. The highest BCUT2D eigenvalue weighted by Crippen LogP contribution is 2.52. The van der Waals surface area contributed by atoms with Crippen molar-refractivity contribution in [1.82, 2.24) is 0 Å². The van der Waals surface area contributed by atoms with Crippen LogP contribution in [0, 0.1) is 0 Å². The lowest BCUT2D eigenvalue weighted by Crippen LogP contribution is -2.35. The van der Waals surface area contributed by atoms with Crippen molar-refractivity contribution in [1.29, 1.82) is 0 Å². The minimum absolute atomic E-state index is 0.400. The Morgan fingerprint density at radius 1 is 0.941 bits per heavy atom. The Hall–Kier alpha value is -4.46. The molecule has 172 valence electrons. The van der Waals surface area contributed by atoms with Gasteiger partial charge in [0.25, 0.3) is 6.45 Å². The topological polar surface area (TPSA) is 116 Å². The molecule has 0 saturated carbocycles. The molecule has 5 rings (SSSR count). The molecule has 1 heterocycles. The van der Waals surface area contributed by atoms with E-state index in [1.165, 1.54) is 13.8 Å². The maximum atomic E-state index is 12.8. The van der Waals surface area contributed by atoms with Crippen molar-refractivity contribution in [2.75, 3.05) is 0 Å². The molecule has 0 unspecified atom stereocenters. The average Bonchev–Trinajstić information content (AvgIpc) is 3.05. The smallest absolute Gasteiger partial charge is 0.340 e. The fourth-order valence-electron chi connectivity index (χ4n) is 4.55. The Morgan fingerprint density at radius 3 is 1.94 bits per heavy atom. The summed E-state index contributed by atoms with van der Waals surface area (Å²) in [5.41, 5.74) is 3.48. The van der Waals surface area contributed by atoms with E-state index in [0.29, 0.717) is 23.5 Å². The van der Waals surface area contributed by atoms with Crippen molar-refractivity contribution in [3.63, 3.8) is 0 Å². The summed E-state index contributed by atoms with van der Waals surface area (Å²) in [4.78, 5) is 44.4. The van der Waals surface area contributed by atoms with Crippen molar-refractivity contribution in [2.24, 2.45) is 0 Å². The number of fused-ring (bicyclic) bond motifs is 6. The third-order valence-corrected chi connectivity index (χ3v) is 5.59. The second kappa shape index (κ2) is 8.82. The first-order chi connectivity index (χ1) is 16.6. The van der Waals surface area contributed by atoms with Gasteiger partial charge in [0, 0.05) is 30.5 Å². The van der Waals surface area contributed by atoms with Crippen LogP contribution in [0.4, 0.5) is 0 Å². The normalized spacial score (nSPS) is 14.3. The van der Waals surface area contributed by atoms with Gasteiger partial charge in [-0.15, -0.1) is 0 Å². The molecule has 0 fully saturated rings. The van der Waals surface area contributed by atoms with Gasteiger partial charge in [-0.1, -0.05) is 30.3 Å². The first-order valence-electron chi connectivity index (χ1n) is 10.8. The lowest BCUT2D eigenvalue weighted by atomic mass is 9.71. The molecule has 0 bridgehead atoms. The first kappa shape index (κ1) is 21.4. The molecular formula is C26H20O8. The number of hydrogen-bond donors (Lipinski definition) is 1. The van der Waals surface area contributed by atoms with E-state index in [1.807, 2.05) is 24.3 Å². The maximum Gasteiger partial charge on any atom is 0.340 e. The van der Waals surface area contributed by atoms with Crippen molar-refractivity contribution in [2.45, 2.75) is 25.9 Å². The maximum absolute atomic E-state index is 12.8. The Bertz CT molecular complexity index is 1310. The van der Waals surface area contributed by atoms with Crippen LogP contribution in [-0.4, -0.2) is 29.5 Å². The van der Waals surface area contributed by atoms with E-state index in [0.717, 1.165) is 27.8 Å². The molecule has 0 amide bonds. The molecule has 0 radical (unpaired) electrons. The number of carbonyl (C=O) groups excluding carboxylic acids is 3. The zero-order valence-corrected chi connectivity index (χ0v) is 18.3. The number of rotatable bonds is 2. The summed E-state index contributed by atoms with van der Waals surface area (Å²) in [6, 6.07) is 18.0. The second-order valence-electron chi connectivity index (χ2n) is 7.71. The third kappa shape index (κ3) is 3.79. The highest BCUT2D eigenvalue weighted by atomic mass is 16.6. The van der Waals surface area contributed by atoms with Crippen LogP contribution in [0.5, 0.6) is 11.5 Å². The fourth-order valence-corrected chi connectivity index (χ4v) is 4.55. The van der Waals surface area contributed by atoms with E-state index in [4.69, 9.17) is 25.5 Å². The molecule has 8 heteroatoms. The zero-order chi connectivity index (χ0) is 25.3. The van der Waals surface area contributed by atoms with Crippen LogP contribution in [-0.2, 0) is 31.1 Å². The molecule has 1 N–H and O–H groups in total. The van der Waals surface area contributed by atoms with E-state index in [2.05, 4.69) is 0 Å². The molecular weight excluding hydrogens is 440 g/mol.